The zero-order valence-electron chi connectivity index (χ0n) is 11.5. The second kappa shape index (κ2) is 5.27. The molecule has 22 heavy (non-hydrogen) atoms. The van der Waals surface area contributed by atoms with E-state index in [4.69, 9.17) is 28.2 Å². The van der Waals surface area contributed by atoms with E-state index in [9.17, 15) is 0 Å². The van der Waals surface area contributed by atoms with Gasteiger partial charge in [0.05, 0.1) is 23.6 Å². The summed E-state index contributed by atoms with van der Waals surface area (Å²) in [6.07, 6.45) is 3.77. The minimum atomic E-state index is 0.472. The molecule has 0 atom stereocenters. The van der Waals surface area contributed by atoms with Gasteiger partial charge < -0.3 is 4.57 Å². The smallest absolute Gasteiger partial charge is 0.129 e. The molecule has 2 aromatic heterocycles. The van der Waals surface area contributed by atoms with Gasteiger partial charge in [0.2, 0.25) is 0 Å². The molecular formula is C17H11Cl2N3. The predicted molar refractivity (Wildman–Crippen MR) is 89.4 cm³/mol. The van der Waals surface area contributed by atoms with Crippen LogP contribution in [-0.4, -0.2) is 15.3 Å². The van der Waals surface area contributed by atoms with Gasteiger partial charge in [-0.1, -0.05) is 29.3 Å². The van der Waals surface area contributed by atoms with Crippen molar-refractivity contribution in [2.24, 2.45) is 4.99 Å². The van der Waals surface area contributed by atoms with Crippen LogP contribution in [-0.2, 0) is 6.54 Å². The van der Waals surface area contributed by atoms with E-state index in [-0.39, 0.29) is 0 Å². The average molecular weight is 328 g/mol. The van der Waals surface area contributed by atoms with Gasteiger partial charge >= 0.3 is 0 Å². The van der Waals surface area contributed by atoms with Crippen LogP contribution in [0.25, 0.3) is 5.69 Å². The summed E-state index contributed by atoms with van der Waals surface area (Å²) < 4.78 is 2.11. The van der Waals surface area contributed by atoms with Gasteiger partial charge in [0.25, 0.3) is 0 Å². The first-order chi connectivity index (χ1) is 10.7. The van der Waals surface area contributed by atoms with E-state index < -0.39 is 0 Å². The number of benzene rings is 1. The van der Waals surface area contributed by atoms with Crippen LogP contribution in [0.1, 0.15) is 16.8 Å². The van der Waals surface area contributed by atoms with Gasteiger partial charge in [0, 0.05) is 28.5 Å². The van der Waals surface area contributed by atoms with Crippen molar-refractivity contribution in [2.75, 3.05) is 0 Å². The second-order valence-corrected chi connectivity index (χ2v) is 5.83. The summed E-state index contributed by atoms with van der Waals surface area (Å²) in [7, 11) is 0. The predicted octanol–water partition coefficient (Wildman–Crippen LogP) is 4.53. The zero-order valence-corrected chi connectivity index (χ0v) is 13.0. The quantitative estimate of drug-likeness (QED) is 0.604. The molecule has 0 spiro atoms. The Morgan fingerprint density at radius 1 is 1.00 bits per heavy atom. The summed E-state index contributed by atoms with van der Waals surface area (Å²) in [5, 5.41) is 1.20. The van der Waals surface area contributed by atoms with Crippen molar-refractivity contribution in [1.29, 1.82) is 0 Å². The molecule has 0 radical (unpaired) electrons. The van der Waals surface area contributed by atoms with Crippen LogP contribution in [0, 0.1) is 0 Å². The molecule has 0 fully saturated rings. The fourth-order valence-electron chi connectivity index (χ4n) is 2.71. The minimum Gasteiger partial charge on any atom is -0.315 e. The largest absolute Gasteiger partial charge is 0.315 e. The molecule has 4 rings (SSSR count). The molecule has 0 amide bonds. The van der Waals surface area contributed by atoms with Crippen molar-refractivity contribution in [1.82, 2.24) is 9.55 Å². The third-order valence-corrected chi connectivity index (χ3v) is 4.32. The number of halogens is 2. The third-order valence-electron chi connectivity index (χ3n) is 3.74. The van der Waals surface area contributed by atoms with Gasteiger partial charge in [0.1, 0.15) is 5.15 Å². The molecule has 3 aromatic rings. The standard InChI is InChI=1S/C17H11Cl2N3/c18-13-3-1-4-14-12(13)10-21-17(15-5-2-8-22(14)15)11-6-7-16(19)20-9-11/h1-9H,10H2. The van der Waals surface area contributed by atoms with E-state index in [1.54, 1.807) is 12.3 Å². The first-order valence-electron chi connectivity index (χ1n) is 6.86. The zero-order chi connectivity index (χ0) is 15.1. The number of aromatic nitrogens is 2. The summed E-state index contributed by atoms with van der Waals surface area (Å²) in [5.41, 5.74) is 4.94. The Morgan fingerprint density at radius 2 is 1.91 bits per heavy atom. The number of pyridine rings is 1. The van der Waals surface area contributed by atoms with Crippen LogP contribution < -0.4 is 0 Å². The van der Waals surface area contributed by atoms with Crippen molar-refractivity contribution in [3.8, 4) is 5.69 Å². The Morgan fingerprint density at radius 3 is 2.73 bits per heavy atom. The van der Waals surface area contributed by atoms with E-state index in [2.05, 4.69) is 15.6 Å². The highest BCUT2D eigenvalue weighted by Crippen LogP contribution is 2.29. The topological polar surface area (TPSA) is 30.2 Å². The van der Waals surface area contributed by atoms with Crippen LogP contribution in [0.15, 0.2) is 59.9 Å². The van der Waals surface area contributed by atoms with Crippen molar-refractivity contribution >= 4 is 28.9 Å². The Kier molecular flexibility index (Phi) is 3.25. The summed E-state index contributed by atoms with van der Waals surface area (Å²) in [6.45, 7) is 0.536. The molecule has 0 N–H and O–H groups in total. The van der Waals surface area contributed by atoms with E-state index in [0.717, 1.165) is 33.2 Å². The molecule has 3 nitrogen and oxygen atoms in total. The Labute approximate surface area is 137 Å². The lowest BCUT2D eigenvalue weighted by Gasteiger charge is -2.11. The van der Waals surface area contributed by atoms with E-state index in [1.807, 2.05) is 36.5 Å². The highest BCUT2D eigenvalue weighted by atomic mass is 35.5. The van der Waals surface area contributed by atoms with Crippen LogP contribution in [0.5, 0.6) is 0 Å². The lowest BCUT2D eigenvalue weighted by atomic mass is 10.1. The summed E-state index contributed by atoms with van der Waals surface area (Å²) in [5.74, 6) is 0. The van der Waals surface area contributed by atoms with Crippen molar-refractivity contribution < 1.29 is 0 Å². The molecule has 0 saturated heterocycles. The van der Waals surface area contributed by atoms with Crippen molar-refractivity contribution in [2.45, 2.75) is 6.54 Å². The van der Waals surface area contributed by atoms with Gasteiger partial charge in [-0.25, -0.2) is 4.98 Å². The summed E-state index contributed by atoms with van der Waals surface area (Å²) >= 11 is 12.2. The molecule has 108 valence electrons. The summed E-state index contributed by atoms with van der Waals surface area (Å²) in [6, 6.07) is 13.7. The van der Waals surface area contributed by atoms with Crippen LogP contribution in [0.3, 0.4) is 0 Å². The van der Waals surface area contributed by atoms with Gasteiger partial charge in [-0.05, 0) is 36.4 Å². The number of rotatable bonds is 1. The molecule has 0 unspecified atom stereocenters. The van der Waals surface area contributed by atoms with Crippen LogP contribution in [0.4, 0.5) is 0 Å². The van der Waals surface area contributed by atoms with Gasteiger partial charge in [-0.15, -0.1) is 0 Å². The SMILES string of the molecule is Clc1ccc(C2=NCc3c(Cl)cccc3-n3cccc32)cn1. The fraction of sp³-hybridized carbons (Fsp3) is 0.0588. The van der Waals surface area contributed by atoms with Crippen LogP contribution >= 0.6 is 23.2 Å². The lowest BCUT2D eigenvalue weighted by Crippen LogP contribution is -2.08. The lowest BCUT2D eigenvalue weighted by molar-refractivity contribution is 1.02. The summed E-state index contributed by atoms with van der Waals surface area (Å²) in [4.78, 5) is 8.93. The van der Waals surface area contributed by atoms with E-state index in [0.29, 0.717) is 11.7 Å². The number of fused-ring (bicyclic) bond motifs is 3. The van der Waals surface area contributed by atoms with Crippen LogP contribution in [0.2, 0.25) is 10.2 Å². The van der Waals surface area contributed by atoms with E-state index >= 15 is 0 Å². The molecule has 1 aliphatic heterocycles. The number of hydrogen-bond acceptors (Lipinski definition) is 2. The van der Waals surface area contributed by atoms with Gasteiger partial charge in [0.15, 0.2) is 0 Å². The molecule has 5 heteroatoms. The molecule has 3 heterocycles. The number of aliphatic imine (C=N–C) groups is 1. The highest BCUT2D eigenvalue weighted by molar-refractivity contribution is 6.31. The van der Waals surface area contributed by atoms with Crippen molar-refractivity contribution in [3.05, 3.63) is 81.9 Å². The number of hydrogen-bond donors (Lipinski definition) is 0. The Hall–Kier alpha value is -2.10. The van der Waals surface area contributed by atoms with Crippen molar-refractivity contribution in [3.63, 3.8) is 0 Å². The average Bonchev–Trinajstić information content (AvgIpc) is 2.94. The first-order valence-corrected chi connectivity index (χ1v) is 7.61. The first kappa shape index (κ1) is 13.6. The molecular weight excluding hydrogens is 317 g/mol. The molecule has 1 aromatic carbocycles. The monoisotopic (exact) mass is 327 g/mol. The fourth-order valence-corrected chi connectivity index (χ4v) is 3.05. The second-order valence-electron chi connectivity index (χ2n) is 5.04. The van der Waals surface area contributed by atoms with Gasteiger partial charge in [-0.2, -0.15) is 0 Å². The van der Waals surface area contributed by atoms with E-state index in [1.165, 1.54) is 0 Å². The maximum Gasteiger partial charge on any atom is 0.129 e. The Balaban J connectivity index is 1.94. The Bertz CT molecular complexity index is 879. The number of nitrogens with zero attached hydrogens (tertiary/aromatic N) is 3. The van der Waals surface area contributed by atoms with Gasteiger partial charge in [-0.3, -0.25) is 4.99 Å². The molecule has 0 aliphatic carbocycles. The normalized spacial score (nSPS) is 13.1. The molecule has 1 aliphatic rings. The highest BCUT2D eigenvalue weighted by Gasteiger charge is 2.19. The maximum atomic E-state index is 6.35. The minimum absolute atomic E-state index is 0.472. The molecule has 0 bridgehead atoms. The third kappa shape index (κ3) is 2.14. The molecule has 0 saturated carbocycles. The maximum absolute atomic E-state index is 6.35.